The zero-order chi connectivity index (χ0) is 15.4. The van der Waals surface area contributed by atoms with Gasteiger partial charge in [-0.25, -0.2) is 5.01 Å². The number of nitrogens with one attached hydrogen (secondary N) is 2. The molecule has 0 radical (unpaired) electrons. The summed E-state index contributed by atoms with van der Waals surface area (Å²) in [6.07, 6.45) is 5.08. The lowest BCUT2D eigenvalue weighted by molar-refractivity contribution is 0.431. The molecule has 0 fully saturated rings. The summed E-state index contributed by atoms with van der Waals surface area (Å²) < 4.78 is 3.35. The maximum absolute atomic E-state index is 4.53. The Bertz CT molecular complexity index is 691. The van der Waals surface area contributed by atoms with Gasteiger partial charge in [-0.15, -0.1) is 0 Å². The average molecular weight is 315 g/mol. The van der Waals surface area contributed by atoms with Gasteiger partial charge in [-0.1, -0.05) is 6.92 Å². The van der Waals surface area contributed by atoms with Gasteiger partial charge in [-0.2, -0.15) is 5.10 Å². The number of fused-ring (bicyclic) bond motifs is 1. The largest absolute Gasteiger partial charge is 0.361 e. The molecule has 0 spiro atoms. The second-order valence-corrected chi connectivity index (χ2v) is 6.12. The maximum atomic E-state index is 4.53. The van der Waals surface area contributed by atoms with E-state index < -0.39 is 0 Å². The Morgan fingerprint density at radius 2 is 2.36 bits per heavy atom. The lowest BCUT2D eigenvalue weighted by atomic mass is 10.1. The summed E-state index contributed by atoms with van der Waals surface area (Å²) in [5.41, 5.74) is 1.15. The standard InChI is InChI=1S/C16H21N5S/c1-3-12-10-19-21(11-12)16(17-4-2)20-22-14-5-6-15-13(9-14)7-8-18-15/h5-10,12,18H,3-4,11H2,1-2H3,(H,17,20). The van der Waals surface area contributed by atoms with Crippen LogP contribution in [0.3, 0.4) is 0 Å². The summed E-state index contributed by atoms with van der Waals surface area (Å²) in [7, 11) is 0. The van der Waals surface area contributed by atoms with E-state index in [2.05, 4.69) is 51.0 Å². The third-order valence-corrected chi connectivity index (χ3v) is 4.46. The number of rotatable bonds is 4. The molecule has 6 heteroatoms. The SMILES string of the molecule is CCN=C(NSc1ccc2[nH]ccc2c1)N1CC(CC)C=N1. The number of aromatic nitrogens is 1. The van der Waals surface area contributed by atoms with E-state index in [1.807, 2.05) is 24.3 Å². The lowest BCUT2D eigenvalue weighted by Crippen LogP contribution is -2.34. The van der Waals surface area contributed by atoms with Gasteiger partial charge in [0.1, 0.15) is 0 Å². The van der Waals surface area contributed by atoms with Crippen molar-refractivity contribution in [3.63, 3.8) is 0 Å². The van der Waals surface area contributed by atoms with Crippen LogP contribution in [-0.2, 0) is 0 Å². The van der Waals surface area contributed by atoms with Gasteiger partial charge in [-0.3, -0.25) is 9.71 Å². The van der Waals surface area contributed by atoms with Gasteiger partial charge in [0.15, 0.2) is 0 Å². The summed E-state index contributed by atoms with van der Waals surface area (Å²) in [5.74, 6) is 1.35. The Morgan fingerprint density at radius 1 is 1.45 bits per heavy atom. The van der Waals surface area contributed by atoms with Crippen LogP contribution < -0.4 is 4.72 Å². The summed E-state index contributed by atoms with van der Waals surface area (Å²) in [4.78, 5) is 8.90. The Labute approximate surface area is 135 Å². The van der Waals surface area contributed by atoms with E-state index in [-0.39, 0.29) is 0 Å². The molecule has 5 nitrogen and oxygen atoms in total. The van der Waals surface area contributed by atoms with Crippen LogP contribution in [0.2, 0.25) is 0 Å². The molecule has 0 saturated heterocycles. The second-order valence-electron chi connectivity index (χ2n) is 5.24. The van der Waals surface area contributed by atoms with Gasteiger partial charge in [0.05, 0.1) is 6.54 Å². The van der Waals surface area contributed by atoms with Gasteiger partial charge in [0, 0.05) is 40.7 Å². The fraction of sp³-hybridized carbons (Fsp3) is 0.375. The predicted octanol–water partition coefficient (Wildman–Crippen LogP) is 3.47. The molecule has 1 aliphatic heterocycles. The van der Waals surface area contributed by atoms with E-state index in [9.17, 15) is 0 Å². The van der Waals surface area contributed by atoms with E-state index >= 15 is 0 Å². The molecule has 22 heavy (non-hydrogen) atoms. The van der Waals surface area contributed by atoms with Crippen LogP contribution in [0, 0.1) is 5.92 Å². The molecular formula is C16H21N5S. The van der Waals surface area contributed by atoms with Gasteiger partial charge >= 0.3 is 0 Å². The molecule has 2 aromatic rings. The Kier molecular flexibility index (Phi) is 4.68. The molecule has 2 heterocycles. The van der Waals surface area contributed by atoms with Crippen molar-refractivity contribution in [3.05, 3.63) is 30.5 Å². The molecular weight excluding hydrogens is 294 g/mol. The zero-order valence-electron chi connectivity index (χ0n) is 12.9. The highest BCUT2D eigenvalue weighted by Gasteiger charge is 2.20. The van der Waals surface area contributed by atoms with E-state index in [1.54, 1.807) is 11.9 Å². The lowest BCUT2D eigenvalue weighted by Gasteiger charge is -2.18. The Balaban J connectivity index is 1.66. The minimum Gasteiger partial charge on any atom is -0.361 e. The Hall–Kier alpha value is -1.95. The van der Waals surface area contributed by atoms with Gasteiger partial charge in [0.25, 0.3) is 0 Å². The first kappa shape index (κ1) is 15.0. The van der Waals surface area contributed by atoms with Crippen molar-refractivity contribution in [3.8, 4) is 0 Å². The second kappa shape index (κ2) is 6.87. The van der Waals surface area contributed by atoms with Crippen molar-refractivity contribution in [1.82, 2.24) is 14.7 Å². The monoisotopic (exact) mass is 315 g/mol. The number of H-pyrrole nitrogens is 1. The van der Waals surface area contributed by atoms with Crippen molar-refractivity contribution in [1.29, 1.82) is 0 Å². The average Bonchev–Trinajstić information content (AvgIpc) is 3.19. The van der Waals surface area contributed by atoms with Crippen molar-refractivity contribution >= 4 is 35.0 Å². The quantitative estimate of drug-likeness (QED) is 0.516. The first-order chi connectivity index (χ1) is 10.8. The molecule has 1 unspecified atom stereocenters. The fourth-order valence-corrected chi connectivity index (χ4v) is 3.08. The highest BCUT2D eigenvalue weighted by atomic mass is 32.2. The molecule has 116 valence electrons. The minimum absolute atomic E-state index is 0.519. The van der Waals surface area contributed by atoms with E-state index in [0.717, 1.165) is 35.9 Å². The molecule has 0 saturated carbocycles. The van der Waals surface area contributed by atoms with Gasteiger partial charge < -0.3 is 4.98 Å². The summed E-state index contributed by atoms with van der Waals surface area (Å²) in [6, 6.07) is 8.44. The van der Waals surface area contributed by atoms with Gasteiger partial charge in [0.2, 0.25) is 5.96 Å². The number of aliphatic imine (C=N–C) groups is 1. The molecule has 1 aromatic carbocycles. The first-order valence-electron chi connectivity index (χ1n) is 7.66. The number of hydrazone groups is 1. The van der Waals surface area contributed by atoms with Crippen molar-refractivity contribution in [2.45, 2.75) is 25.2 Å². The normalized spacial score (nSPS) is 18.4. The number of aromatic amines is 1. The minimum atomic E-state index is 0.519. The van der Waals surface area contributed by atoms with E-state index in [0.29, 0.717) is 5.92 Å². The Morgan fingerprint density at radius 3 is 3.14 bits per heavy atom. The third-order valence-electron chi connectivity index (χ3n) is 3.69. The van der Waals surface area contributed by atoms with Crippen LogP contribution in [0.15, 0.2) is 45.5 Å². The van der Waals surface area contributed by atoms with Crippen LogP contribution in [0.1, 0.15) is 20.3 Å². The summed E-state index contributed by atoms with van der Waals surface area (Å²) >= 11 is 1.57. The molecule has 0 bridgehead atoms. The fourth-order valence-electron chi connectivity index (χ4n) is 2.38. The topological polar surface area (TPSA) is 55.8 Å². The molecule has 1 atom stereocenters. The molecule has 1 aliphatic rings. The predicted molar refractivity (Wildman–Crippen MR) is 94.2 cm³/mol. The third kappa shape index (κ3) is 3.27. The van der Waals surface area contributed by atoms with E-state index in [4.69, 9.17) is 0 Å². The highest BCUT2D eigenvalue weighted by Crippen LogP contribution is 2.21. The zero-order valence-corrected chi connectivity index (χ0v) is 13.7. The number of guanidine groups is 1. The van der Waals surface area contributed by atoms with Crippen molar-refractivity contribution in [2.75, 3.05) is 13.1 Å². The van der Waals surface area contributed by atoms with Crippen molar-refractivity contribution < 1.29 is 0 Å². The molecule has 0 aliphatic carbocycles. The number of benzene rings is 1. The summed E-state index contributed by atoms with van der Waals surface area (Å²) in [5, 5.41) is 7.63. The maximum Gasteiger partial charge on any atom is 0.225 e. The molecule has 3 rings (SSSR count). The van der Waals surface area contributed by atoms with Gasteiger partial charge in [-0.05, 0) is 49.6 Å². The first-order valence-corrected chi connectivity index (χ1v) is 8.48. The number of nitrogens with zero attached hydrogens (tertiary/aromatic N) is 3. The van der Waals surface area contributed by atoms with Crippen LogP contribution in [0.25, 0.3) is 10.9 Å². The summed E-state index contributed by atoms with van der Waals surface area (Å²) in [6.45, 7) is 5.86. The van der Waals surface area contributed by atoms with Crippen molar-refractivity contribution in [2.24, 2.45) is 16.0 Å². The van der Waals surface area contributed by atoms with Crippen LogP contribution in [0.4, 0.5) is 0 Å². The van der Waals surface area contributed by atoms with E-state index in [1.165, 1.54) is 5.39 Å². The molecule has 2 N–H and O–H groups in total. The van der Waals surface area contributed by atoms with Crippen LogP contribution >= 0.6 is 11.9 Å². The number of hydrogen-bond donors (Lipinski definition) is 2. The van der Waals surface area contributed by atoms with Crippen LogP contribution in [-0.4, -0.2) is 35.3 Å². The van der Waals surface area contributed by atoms with Crippen LogP contribution in [0.5, 0.6) is 0 Å². The smallest absolute Gasteiger partial charge is 0.225 e. The number of hydrogen-bond acceptors (Lipinski definition) is 3. The molecule has 0 amide bonds. The highest BCUT2D eigenvalue weighted by molar-refractivity contribution is 7.98. The molecule has 1 aromatic heterocycles.